The zero-order valence-corrected chi connectivity index (χ0v) is 18.1. The van der Waals surface area contributed by atoms with Gasteiger partial charge in [0, 0.05) is 27.8 Å². The van der Waals surface area contributed by atoms with Crippen LogP contribution < -0.4 is 10.2 Å². The fourth-order valence-electron chi connectivity index (χ4n) is 3.55. The van der Waals surface area contributed by atoms with Crippen molar-refractivity contribution >= 4 is 46.6 Å². The molecule has 0 aromatic heterocycles. The number of anilines is 2. The fourth-order valence-corrected chi connectivity index (χ4v) is 4.70. The Kier molecular flexibility index (Phi) is 6.11. The summed E-state index contributed by atoms with van der Waals surface area (Å²) in [5.74, 6) is 0.120. The van der Waals surface area contributed by atoms with E-state index < -0.39 is 0 Å². The number of carbonyl (C=O) groups excluding carboxylic acids is 2. The number of amides is 2. The maximum Gasteiger partial charge on any atom is 0.256 e. The molecule has 0 aliphatic carbocycles. The van der Waals surface area contributed by atoms with Crippen LogP contribution in [0.2, 0.25) is 5.02 Å². The van der Waals surface area contributed by atoms with Crippen molar-refractivity contribution < 1.29 is 9.59 Å². The first-order valence-corrected chi connectivity index (χ1v) is 11.1. The van der Waals surface area contributed by atoms with Gasteiger partial charge in [-0.05, 0) is 60.9 Å². The quantitative estimate of drug-likeness (QED) is 0.531. The van der Waals surface area contributed by atoms with Crippen LogP contribution in [0, 0.1) is 6.92 Å². The summed E-state index contributed by atoms with van der Waals surface area (Å²) in [7, 11) is 0. The second kappa shape index (κ2) is 8.94. The molecule has 1 aliphatic heterocycles. The van der Waals surface area contributed by atoms with Crippen LogP contribution in [0.25, 0.3) is 0 Å². The Morgan fingerprint density at radius 3 is 2.67 bits per heavy atom. The molecular weight excluding hydrogens is 416 g/mol. The van der Waals surface area contributed by atoms with Gasteiger partial charge in [-0.2, -0.15) is 0 Å². The highest BCUT2D eigenvalue weighted by Crippen LogP contribution is 2.30. The number of para-hydroxylation sites is 1. The molecule has 6 heteroatoms. The number of hydrogen-bond acceptors (Lipinski definition) is 3. The van der Waals surface area contributed by atoms with Gasteiger partial charge in [-0.25, -0.2) is 0 Å². The number of halogens is 1. The minimum absolute atomic E-state index is 0.0497. The van der Waals surface area contributed by atoms with Crippen molar-refractivity contribution in [2.24, 2.45) is 0 Å². The first-order valence-electron chi connectivity index (χ1n) is 9.70. The van der Waals surface area contributed by atoms with Gasteiger partial charge >= 0.3 is 0 Å². The zero-order valence-electron chi connectivity index (χ0n) is 16.5. The van der Waals surface area contributed by atoms with Gasteiger partial charge in [0.05, 0.1) is 11.3 Å². The zero-order chi connectivity index (χ0) is 21.1. The van der Waals surface area contributed by atoms with Gasteiger partial charge < -0.3 is 10.2 Å². The summed E-state index contributed by atoms with van der Waals surface area (Å²) in [6.07, 6.45) is 0.881. The molecule has 2 amide bonds. The molecule has 0 saturated heterocycles. The van der Waals surface area contributed by atoms with Crippen LogP contribution in [0.5, 0.6) is 0 Å². The van der Waals surface area contributed by atoms with E-state index in [1.54, 1.807) is 18.2 Å². The highest BCUT2D eigenvalue weighted by molar-refractivity contribution is 8.00. The van der Waals surface area contributed by atoms with E-state index in [4.69, 9.17) is 11.6 Å². The topological polar surface area (TPSA) is 49.4 Å². The van der Waals surface area contributed by atoms with E-state index in [0.29, 0.717) is 22.8 Å². The van der Waals surface area contributed by atoms with Gasteiger partial charge in [0.15, 0.2) is 0 Å². The summed E-state index contributed by atoms with van der Waals surface area (Å²) in [5.41, 5.74) is 4.35. The third kappa shape index (κ3) is 4.37. The number of rotatable bonds is 5. The first kappa shape index (κ1) is 20.5. The molecule has 0 atom stereocenters. The van der Waals surface area contributed by atoms with E-state index in [2.05, 4.69) is 11.4 Å². The molecule has 1 heterocycles. The number of aryl methyl sites for hydroxylation is 1. The lowest BCUT2D eigenvalue weighted by Gasteiger charge is -2.17. The molecule has 1 aliphatic rings. The summed E-state index contributed by atoms with van der Waals surface area (Å²) < 4.78 is 0. The normalized spacial score (nSPS) is 12.5. The predicted molar refractivity (Wildman–Crippen MR) is 124 cm³/mol. The van der Waals surface area contributed by atoms with E-state index in [1.807, 2.05) is 54.3 Å². The molecule has 0 fully saturated rings. The van der Waals surface area contributed by atoms with Gasteiger partial charge in [0.1, 0.15) is 0 Å². The largest absolute Gasteiger partial charge is 0.322 e. The average molecular weight is 437 g/mol. The summed E-state index contributed by atoms with van der Waals surface area (Å²) in [6, 6.07) is 20.7. The molecule has 0 bridgehead atoms. The lowest BCUT2D eigenvalue weighted by Crippen LogP contribution is -2.30. The van der Waals surface area contributed by atoms with Crippen molar-refractivity contribution in [3.63, 3.8) is 0 Å². The van der Waals surface area contributed by atoms with Gasteiger partial charge in [0.2, 0.25) is 5.91 Å². The molecule has 0 radical (unpaired) electrons. The van der Waals surface area contributed by atoms with E-state index in [0.717, 1.165) is 22.6 Å². The van der Waals surface area contributed by atoms with E-state index in [-0.39, 0.29) is 17.6 Å². The third-order valence-electron chi connectivity index (χ3n) is 5.11. The van der Waals surface area contributed by atoms with Gasteiger partial charge in [0.25, 0.3) is 5.91 Å². The summed E-state index contributed by atoms with van der Waals surface area (Å²) in [4.78, 5) is 28.3. The number of thioether (sulfide) groups is 1. The molecule has 1 N–H and O–H groups in total. The van der Waals surface area contributed by atoms with Crippen LogP contribution in [-0.2, 0) is 11.2 Å². The van der Waals surface area contributed by atoms with Crippen molar-refractivity contribution in [3.8, 4) is 0 Å². The summed E-state index contributed by atoms with van der Waals surface area (Å²) in [6.45, 7) is 2.60. The number of fused-ring (bicyclic) bond motifs is 1. The van der Waals surface area contributed by atoms with Crippen LogP contribution in [-0.4, -0.2) is 24.1 Å². The molecule has 30 heavy (non-hydrogen) atoms. The number of benzene rings is 3. The molecule has 0 spiro atoms. The monoisotopic (exact) mass is 436 g/mol. The number of nitrogens with one attached hydrogen (secondary N) is 1. The smallest absolute Gasteiger partial charge is 0.256 e. The fraction of sp³-hybridized carbons (Fsp3) is 0.167. The molecule has 3 aromatic rings. The lowest BCUT2D eigenvalue weighted by atomic mass is 10.1. The van der Waals surface area contributed by atoms with Crippen molar-refractivity contribution in [1.82, 2.24) is 0 Å². The van der Waals surface area contributed by atoms with Crippen molar-refractivity contribution in [1.29, 1.82) is 0 Å². The van der Waals surface area contributed by atoms with E-state index in [9.17, 15) is 9.59 Å². The maximum atomic E-state index is 12.9. The van der Waals surface area contributed by atoms with Crippen LogP contribution >= 0.6 is 23.4 Å². The summed E-state index contributed by atoms with van der Waals surface area (Å²) in [5, 5.41) is 3.57. The second-order valence-corrected chi connectivity index (χ2v) is 8.58. The number of hydrogen-bond donors (Lipinski definition) is 1. The maximum absolute atomic E-state index is 12.9. The predicted octanol–water partition coefficient (Wildman–Crippen LogP) is 5.58. The highest BCUT2D eigenvalue weighted by atomic mass is 35.5. The molecule has 0 saturated carbocycles. The van der Waals surface area contributed by atoms with Crippen LogP contribution in [0.3, 0.4) is 0 Å². The first-order chi connectivity index (χ1) is 14.5. The van der Waals surface area contributed by atoms with Gasteiger partial charge in [-0.3, -0.25) is 9.59 Å². The minimum atomic E-state index is -0.206. The third-order valence-corrected chi connectivity index (χ3v) is 6.40. The second-order valence-electron chi connectivity index (χ2n) is 7.12. The average Bonchev–Trinajstić information content (AvgIpc) is 3.18. The molecular formula is C24H21ClN2O2S. The number of nitrogens with zero attached hydrogens (tertiary/aromatic N) is 1. The molecule has 3 aromatic carbocycles. The van der Waals surface area contributed by atoms with Crippen molar-refractivity contribution in [3.05, 3.63) is 88.4 Å². The summed E-state index contributed by atoms with van der Waals surface area (Å²) >= 11 is 7.39. The SMILES string of the molecule is Cc1cc(Cl)ccc1NC(=O)c1ccccc1SCC(=O)N1CCc2ccccc21. The Hall–Kier alpha value is -2.76. The van der Waals surface area contributed by atoms with Crippen LogP contribution in [0.1, 0.15) is 21.5 Å². The Bertz CT molecular complexity index is 1120. The Morgan fingerprint density at radius 1 is 1.07 bits per heavy atom. The molecule has 4 nitrogen and oxygen atoms in total. The Labute approximate surface area is 185 Å². The van der Waals surface area contributed by atoms with Crippen LogP contribution in [0.15, 0.2) is 71.6 Å². The Balaban J connectivity index is 1.46. The standard InChI is InChI=1S/C24H21ClN2O2S/c1-16-14-18(25)10-11-20(16)26-24(29)19-7-3-5-9-22(19)30-15-23(28)27-13-12-17-6-2-4-8-21(17)27/h2-11,14H,12-13,15H2,1H3,(H,26,29). The minimum Gasteiger partial charge on any atom is -0.322 e. The van der Waals surface area contributed by atoms with Gasteiger partial charge in [-0.15, -0.1) is 11.8 Å². The molecule has 152 valence electrons. The highest BCUT2D eigenvalue weighted by Gasteiger charge is 2.24. The van der Waals surface area contributed by atoms with E-state index >= 15 is 0 Å². The van der Waals surface area contributed by atoms with Gasteiger partial charge in [-0.1, -0.05) is 41.9 Å². The van der Waals surface area contributed by atoms with Crippen molar-refractivity contribution in [2.75, 3.05) is 22.5 Å². The van der Waals surface area contributed by atoms with Crippen LogP contribution in [0.4, 0.5) is 11.4 Å². The molecule has 4 rings (SSSR count). The number of carbonyl (C=O) groups is 2. The molecule has 0 unspecified atom stereocenters. The lowest BCUT2D eigenvalue weighted by molar-refractivity contribution is -0.116. The Morgan fingerprint density at radius 2 is 1.83 bits per heavy atom. The van der Waals surface area contributed by atoms with Crippen molar-refractivity contribution in [2.45, 2.75) is 18.2 Å². The van der Waals surface area contributed by atoms with E-state index in [1.165, 1.54) is 17.3 Å².